The van der Waals surface area contributed by atoms with Crippen molar-refractivity contribution in [1.29, 1.82) is 0 Å². The van der Waals surface area contributed by atoms with E-state index in [4.69, 9.17) is 28.7 Å². The highest BCUT2D eigenvalue weighted by Gasteiger charge is 2.30. The number of aliphatic carboxylic acids is 1. The van der Waals surface area contributed by atoms with E-state index in [2.05, 4.69) is 41.6 Å². The number of guanidine groups is 2. The maximum absolute atomic E-state index is 13.6. The third-order valence-electron chi connectivity index (χ3n) is 8.19. The quantitative estimate of drug-likeness (QED) is 0.0278. The normalized spacial score (nSPS) is 13.7. The standard InChI is InChI=1S/C34H55N13O8/c1-18(2)13-25(29(51)43-16-27(49)44-26(17-48)31(53)46-24(32(54)55)10-6-12-41-34(38)39)47-30(52)23(9-5-11-40-33(36)37)45-28(50)21(35)14-19-15-42-22-8-4-3-7-20(19)22/h3-4,7-8,15,18,21,23-26,42,48H,5-6,9-14,16-17,35H2,1-2H3,(H,43,51)(H,44,49)(H,45,50)(H,46,53)(H,47,52)(H,54,55)(H4,36,37,40)(H4,38,39,41)/t21-,23-,24-,25-,26-/m0/s1. The fourth-order valence-electron chi connectivity index (χ4n) is 5.42. The third kappa shape index (κ3) is 16.3. The number of amides is 5. The summed E-state index contributed by atoms with van der Waals surface area (Å²) in [4.78, 5) is 88.0. The van der Waals surface area contributed by atoms with Gasteiger partial charge in [0, 0.05) is 30.2 Å². The van der Waals surface area contributed by atoms with Crippen molar-refractivity contribution in [3.05, 3.63) is 36.0 Å². The van der Waals surface area contributed by atoms with Gasteiger partial charge >= 0.3 is 5.97 Å². The summed E-state index contributed by atoms with van der Waals surface area (Å²) in [5.41, 5.74) is 29.3. The lowest BCUT2D eigenvalue weighted by molar-refractivity contribution is -0.142. The number of carboxylic acid groups (broad SMARTS) is 1. The number of nitrogens with two attached hydrogens (primary N) is 5. The number of aliphatic hydroxyl groups is 1. The van der Waals surface area contributed by atoms with Gasteiger partial charge in [0.1, 0.15) is 24.2 Å². The predicted molar refractivity (Wildman–Crippen MR) is 205 cm³/mol. The zero-order chi connectivity index (χ0) is 41.1. The molecule has 0 spiro atoms. The molecule has 2 aromatic rings. The van der Waals surface area contributed by atoms with Crippen molar-refractivity contribution >= 4 is 58.3 Å². The number of nitrogens with one attached hydrogen (secondary N) is 6. The number of rotatable bonds is 24. The molecule has 2 rings (SSSR count). The number of carbonyl (C=O) groups is 6. The van der Waals surface area contributed by atoms with Crippen LogP contribution < -0.4 is 55.3 Å². The van der Waals surface area contributed by atoms with Gasteiger partial charge in [-0.15, -0.1) is 0 Å². The van der Waals surface area contributed by atoms with E-state index in [0.29, 0.717) is 6.42 Å². The minimum atomic E-state index is -1.54. The minimum Gasteiger partial charge on any atom is -0.480 e. The lowest BCUT2D eigenvalue weighted by Crippen LogP contribution is -2.57. The van der Waals surface area contributed by atoms with E-state index >= 15 is 0 Å². The van der Waals surface area contributed by atoms with Crippen molar-refractivity contribution in [3.8, 4) is 0 Å². The fraction of sp³-hybridized carbons (Fsp3) is 0.529. The molecule has 304 valence electrons. The van der Waals surface area contributed by atoms with Gasteiger partial charge in [-0.2, -0.15) is 0 Å². The summed E-state index contributed by atoms with van der Waals surface area (Å²) in [5, 5.41) is 32.3. The van der Waals surface area contributed by atoms with E-state index < -0.39 is 78.9 Å². The number of fused-ring (bicyclic) bond motifs is 1. The molecule has 21 nitrogen and oxygen atoms in total. The number of benzene rings is 1. The molecule has 1 heterocycles. The van der Waals surface area contributed by atoms with Crippen LogP contribution in [-0.2, 0) is 35.2 Å². The molecule has 5 atom stereocenters. The molecule has 1 aromatic heterocycles. The van der Waals surface area contributed by atoms with E-state index in [1.807, 2.05) is 38.1 Å². The Morgan fingerprint density at radius 2 is 1.33 bits per heavy atom. The van der Waals surface area contributed by atoms with Crippen LogP contribution in [0.5, 0.6) is 0 Å². The number of aliphatic hydroxyl groups excluding tert-OH is 1. The Kier molecular flexibility index (Phi) is 18.9. The van der Waals surface area contributed by atoms with Gasteiger partial charge < -0.3 is 70.4 Å². The van der Waals surface area contributed by atoms with Crippen LogP contribution >= 0.6 is 0 Å². The number of aromatic amines is 1. The van der Waals surface area contributed by atoms with Crippen molar-refractivity contribution in [1.82, 2.24) is 31.6 Å². The Labute approximate surface area is 318 Å². The van der Waals surface area contributed by atoms with Gasteiger partial charge in [-0.05, 0) is 56.1 Å². The maximum atomic E-state index is 13.6. The topological polar surface area (TPSA) is 374 Å². The minimum absolute atomic E-state index is 0.0401. The monoisotopic (exact) mass is 773 g/mol. The van der Waals surface area contributed by atoms with E-state index in [1.165, 1.54) is 0 Å². The van der Waals surface area contributed by atoms with Gasteiger partial charge in [0.25, 0.3) is 0 Å². The number of hydrogen-bond donors (Lipinski definition) is 13. The van der Waals surface area contributed by atoms with E-state index in [0.717, 1.165) is 16.5 Å². The van der Waals surface area contributed by atoms with Crippen LogP contribution in [0.15, 0.2) is 40.4 Å². The van der Waals surface area contributed by atoms with Crippen molar-refractivity contribution in [2.24, 2.45) is 44.6 Å². The smallest absolute Gasteiger partial charge is 0.326 e. The van der Waals surface area contributed by atoms with Gasteiger partial charge in [-0.3, -0.25) is 34.0 Å². The van der Waals surface area contributed by atoms with E-state index in [9.17, 15) is 39.0 Å². The first-order valence-corrected chi connectivity index (χ1v) is 17.7. The van der Waals surface area contributed by atoms with Gasteiger partial charge in [-0.25, -0.2) is 4.79 Å². The third-order valence-corrected chi connectivity index (χ3v) is 8.19. The Morgan fingerprint density at radius 1 is 0.764 bits per heavy atom. The number of aromatic nitrogens is 1. The number of hydrogen-bond acceptors (Lipinski definition) is 10. The lowest BCUT2D eigenvalue weighted by atomic mass is 10.0. The molecule has 0 unspecified atom stereocenters. The van der Waals surface area contributed by atoms with Crippen LogP contribution in [0.25, 0.3) is 10.9 Å². The highest BCUT2D eigenvalue weighted by molar-refractivity contribution is 5.95. The average molecular weight is 774 g/mol. The van der Waals surface area contributed by atoms with Crippen molar-refractivity contribution in [2.45, 2.75) is 82.6 Å². The maximum Gasteiger partial charge on any atom is 0.326 e. The number of carbonyl (C=O) groups excluding carboxylic acids is 5. The molecule has 18 N–H and O–H groups in total. The molecule has 0 aliphatic heterocycles. The Bertz CT molecular complexity index is 1670. The number of para-hydroxylation sites is 1. The molecule has 1 aromatic carbocycles. The van der Waals surface area contributed by atoms with Crippen LogP contribution in [0.3, 0.4) is 0 Å². The van der Waals surface area contributed by atoms with Crippen LogP contribution in [0.2, 0.25) is 0 Å². The van der Waals surface area contributed by atoms with Gasteiger partial charge in [0.15, 0.2) is 11.9 Å². The highest BCUT2D eigenvalue weighted by atomic mass is 16.4. The molecule has 21 heteroatoms. The van der Waals surface area contributed by atoms with Crippen molar-refractivity contribution in [3.63, 3.8) is 0 Å². The number of nitrogens with zero attached hydrogens (tertiary/aromatic N) is 2. The van der Waals surface area contributed by atoms with Crippen LogP contribution in [0, 0.1) is 5.92 Å². The number of H-pyrrole nitrogens is 1. The molecule has 0 fully saturated rings. The largest absolute Gasteiger partial charge is 0.480 e. The van der Waals surface area contributed by atoms with Crippen LogP contribution in [0.1, 0.15) is 51.5 Å². The Hall–Kier alpha value is -5.96. The van der Waals surface area contributed by atoms with Crippen LogP contribution in [0.4, 0.5) is 0 Å². The van der Waals surface area contributed by atoms with Gasteiger partial charge in [-0.1, -0.05) is 32.0 Å². The first-order chi connectivity index (χ1) is 26.0. The van der Waals surface area contributed by atoms with Crippen molar-refractivity contribution < 1.29 is 39.0 Å². The molecule has 0 saturated heterocycles. The summed E-state index contributed by atoms with van der Waals surface area (Å²) < 4.78 is 0. The van der Waals surface area contributed by atoms with E-state index in [1.54, 1.807) is 6.20 Å². The zero-order valence-corrected chi connectivity index (χ0v) is 31.0. The molecular weight excluding hydrogens is 718 g/mol. The fourth-order valence-corrected chi connectivity index (χ4v) is 5.42. The molecule has 5 amide bonds. The SMILES string of the molecule is CC(C)C[C@H](NC(=O)[C@H](CCCN=C(N)N)NC(=O)[C@@H](N)Cc1c[nH]c2ccccc12)C(=O)NCC(=O)N[C@@H](CO)C(=O)N[C@@H](CCCN=C(N)N)C(=O)O. The molecule has 55 heavy (non-hydrogen) atoms. The Morgan fingerprint density at radius 3 is 1.91 bits per heavy atom. The van der Waals surface area contributed by atoms with Crippen LogP contribution in [-0.4, -0.2) is 119 Å². The molecule has 0 saturated carbocycles. The molecule has 0 radical (unpaired) electrons. The van der Waals surface area contributed by atoms with Gasteiger partial charge in [0.2, 0.25) is 29.5 Å². The summed E-state index contributed by atoms with van der Waals surface area (Å²) in [6.07, 6.45) is 2.65. The molecule has 0 aliphatic rings. The number of carboxylic acids is 1. The molecule has 0 aliphatic carbocycles. The second-order valence-corrected chi connectivity index (χ2v) is 13.2. The second kappa shape index (κ2) is 23.0. The van der Waals surface area contributed by atoms with E-state index in [-0.39, 0.29) is 63.0 Å². The summed E-state index contributed by atoms with van der Waals surface area (Å²) in [6, 6.07) is 1.33. The van der Waals surface area contributed by atoms with Gasteiger partial charge in [0.05, 0.1) is 19.2 Å². The molecule has 0 bridgehead atoms. The Balaban J connectivity index is 2.06. The first-order valence-electron chi connectivity index (χ1n) is 17.7. The average Bonchev–Trinajstić information content (AvgIpc) is 3.53. The first kappa shape index (κ1) is 45.2. The molecular formula is C34H55N13O8. The highest BCUT2D eigenvalue weighted by Crippen LogP contribution is 2.19. The summed E-state index contributed by atoms with van der Waals surface area (Å²) >= 11 is 0. The summed E-state index contributed by atoms with van der Waals surface area (Å²) in [5.74, 6) is -5.66. The summed E-state index contributed by atoms with van der Waals surface area (Å²) in [7, 11) is 0. The predicted octanol–water partition coefficient (Wildman–Crippen LogP) is -3.68. The number of aliphatic imine (C=N–C) groups is 2. The zero-order valence-electron chi connectivity index (χ0n) is 31.0. The van der Waals surface area contributed by atoms with Crippen molar-refractivity contribution in [2.75, 3.05) is 26.2 Å². The second-order valence-electron chi connectivity index (χ2n) is 13.2. The summed E-state index contributed by atoms with van der Waals surface area (Å²) in [6.45, 7) is 2.38. The lowest BCUT2D eigenvalue weighted by Gasteiger charge is -2.25.